The van der Waals surface area contributed by atoms with Gasteiger partial charge in [0.25, 0.3) is 0 Å². The molecule has 0 atom stereocenters. The molecule has 0 saturated carbocycles. The molecule has 2 N–H and O–H groups in total. The van der Waals surface area contributed by atoms with E-state index < -0.39 is 0 Å². The van der Waals surface area contributed by atoms with Crippen molar-refractivity contribution in [2.45, 2.75) is 6.92 Å². The van der Waals surface area contributed by atoms with Crippen molar-refractivity contribution in [2.75, 3.05) is 5.73 Å². The van der Waals surface area contributed by atoms with E-state index in [1.54, 1.807) is 0 Å². The number of halogens is 1. The molecule has 2 rings (SSSR count). The van der Waals surface area contributed by atoms with Gasteiger partial charge in [0.15, 0.2) is 5.78 Å². The van der Waals surface area contributed by atoms with Crippen LogP contribution in [-0.2, 0) is 0 Å². The molecule has 0 radical (unpaired) electrons. The number of nitrogen functional groups attached to an aromatic ring is 1. The number of carbonyl (C=O) groups excluding carboxylic acids is 1. The van der Waals surface area contributed by atoms with E-state index in [1.807, 2.05) is 23.6 Å². The summed E-state index contributed by atoms with van der Waals surface area (Å²) in [6.07, 6.45) is 0. The fraction of sp³-hybridized carbons (Fsp3) is 0.0909. The molecule has 2 aromatic rings. The molecule has 0 aromatic carbocycles. The van der Waals surface area contributed by atoms with Crippen LogP contribution in [0.5, 0.6) is 0 Å². The molecule has 3 nitrogen and oxygen atoms in total. The van der Waals surface area contributed by atoms with Gasteiger partial charge in [0.1, 0.15) is 4.60 Å². The van der Waals surface area contributed by atoms with Crippen molar-refractivity contribution < 1.29 is 4.79 Å². The van der Waals surface area contributed by atoms with Crippen LogP contribution in [0.25, 0.3) is 11.3 Å². The standard InChI is InChI=1S/C11H9BrN2OS/c1-6(15)10-7(5-16-11(10)13)8-3-2-4-9(12)14-8/h2-5H,13H2,1H3. The van der Waals surface area contributed by atoms with E-state index in [-0.39, 0.29) is 5.78 Å². The molecule has 2 aromatic heterocycles. The normalized spacial score (nSPS) is 10.4. The van der Waals surface area contributed by atoms with Crippen LogP contribution in [0.4, 0.5) is 5.00 Å². The van der Waals surface area contributed by atoms with E-state index in [0.29, 0.717) is 10.6 Å². The van der Waals surface area contributed by atoms with Crippen molar-refractivity contribution in [3.8, 4) is 11.3 Å². The van der Waals surface area contributed by atoms with Crippen molar-refractivity contribution >= 4 is 38.1 Å². The largest absolute Gasteiger partial charge is 0.390 e. The maximum Gasteiger partial charge on any atom is 0.163 e. The lowest BCUT2D eigenvalue weighted by Gasteiger charge is -2.01. The van der Waals surface area contributed by atoms with E-state index in [9.17, 15) is 4.79 Å². The number of hydrogen-bond acceptors (Lipinski definition) is 4. The Balaban J connectivity index is 2.60. The van der Waals surface area contributed by atoms with Gasteiger partial charge < -0.3 is 5.73 Å². The molecule has 0 aliphatic rings. The number of nitrogens with zero attached hydrogens (tertiary/aromatic N) is 1. The van der Waals surface area contributed by atoms with E-state index >= 15 is 0 Å². The zero-order valence-corrected chi connectivity index (χ0v) is 10.9. The second kappa shape index (κ2) is 4.35. The molecule has 5 heteroatoms. The highest BCUT2D eigenvalue weighted by Gasteiger charge is 2.15. The molecule has 0 saturated heterocycles. The van der Waals surface area contributed by atoms with Crippen molar-refractivity contribution in [2.24, 2.45) is 0 Å². The van der Waals surface area contributed by atoms with Gasteiger partial charge in [-0.1, -0.05) is 6.07 Å². The Kier molecular flexibility index (Phi) is 3.07. The average Bonchev–Trinajstić information content (AvgIpc) is 2.60. The molecular weight excluding hydrogens is 288 g/mol. The van der Waals surface area contributed by atoms with Gasteiger partial charge in [-0.05, 0) is 35.0 Å². The minimum Gasteiger partial charge on any atom is -0.390 e. The van der Waals surface area contributed by atoms with E-state index in [4.69, 9.17) is 5.73 Å². The number of pyridine rings is 1. The Morgan fingerprint density at radius 2 is 2.25 bits per heavy atom. The van der Waals surface area contributed by atoms with Crippen LogP contribution in [0.3, 0.4) is 0 Å². The second-order valence-electron chi connectivity index (χ2n) is 3.29. The average molecular weight is 297 g/mol. The lowest BCUT2D eigenvalue weighted by Crippen LogP contribution is -1.98. The van der Waals surface area contributed by atoms with Gasteiger partial charge in [0.05, 0.1) is 16.3 Å². The van der Waals surface area contributed by atoms with E-state index in [0.717, 1.165) is 15.9 Å². The zero-order chi connectivity index (χ0) is 11.7. The van der Waals surface area contributed by atoms with E-state index in [1.165, 1.54) is 18.3 Å². The number of anilines is 1. The van der Waals surface area contributed by atoms with Crippen molar-refractivity contribution in [1.29, 1.82) is 0 Å². The third-order valence-corrected chi connectivity index (χ3v) is 3.42. The summed E-state index contributed by atoms with van der Waals surface area (Å²) in [7, 11) is 0. The number of Topliss-reactive ketones (excluding diaryl/α,β-unsaturated/α-hetero) is 1. The van der Waals surface area contributed by atoms with Gasteiger partial charge in [-0.25, -0.2) is 4.98 Å². The molecule has 0 spiro atoms. The second-order valence-corrected chi connectivity index (χ2v) is 5.01. The topological polar surface area (TPSA) is 56.0 Å². The van der Waals surface area contributed by atoms with Gasteiger partial charge in [0, 0.05) is 10.9 Å². The quantitative estimate of drug-likeness (QED) is 0.683. The number of nitrogens with two attached hydrogens (primary N) is 1. The molecule has 16 heavy (non-hydrogen) atoms. The predicted molar refractivity (Wildman–Crippen MR) is 69.7 cm³/mol. The highest BCUT2D eigenvalue weighted by Crippen LogP contribution is 2.33. The Morgan fingerprint density at radius 3 is 2.88 bits per heavy atom. The van der Waals surface area contributed by atoms with Crippen LogP contribution in [0.15, 0.2) is 28.2 Å². The third-order valence-electron chi connectivity index (χ3n) is 2.16. The number of aromatic nitrogens is 1. The maximum absolute atomic E-state index is 11.5. The summed E-state index contributed by atoms with van der Waals surface area (Å²) in [5, 5.41) is 2.41. The summed E-state index contributed by atoms with van der Waals surface area (Å²) in [4.78, 5) is 15.8. The van der Waals surface area contributed by atoms with Gasteiger partial charge in [-0.3, -0.25) is 4.79 Å². The molecule has 0 fully saturated rings. The minimum atomic E-state index is -0.0319. The van der Waals surface area contributed by atoms with Gasteiger partial charge in [-0.2, -0.15) is 0 Å². The van der Waals surface area contributed by atoms with Crippen LogP contribution in [0.2, 0.25) is 0 Å². The molecule has 0 unspecified atom stereocenters. The minimum absolute atomic E-state index is 0.0319. The summed E-state index contributed by atoms with van der Waals surface area (Å²) >= 11 is 4.67. The summed E-state index contributed by atoms with van der Waals surface area (Å²) in [5.41, 5.74) is 7.90. The molecule has 0 aliphatic carbocycles. The Labute approximate surface area is 105 Å². The van der Waals surface area contributed by atoms with Crippen molar-refractivity contribution in [1.82, 2.24) is 4.98 Å². The lowest BCUT2D eigenvalue weighted by atomic mass is 10.1. The number of hydrogen-bond donors (Lipinski definition) is 1. The van der Waals surface area contributed by atoms with Crippen LogP contribution in [0.1, 0.15) is 17.3 Å². The summed E-state index contributed by atoms with van der Waals surface area (Å²) in [5.74, 6) is -0.0319. The van der Waals surface area contributed by atoms with Crippen molar-refractivity contribution in [3.63, 3.8) is 0 Å². The fourth-order valence-corrected chi connectivity index (χ4v) is 2.68. The highest BCUT2D eigenvalue weighted by molar-refractivity contribution is 9.10. The SMILES string of the molecule is CC(=O)c1c(-c2cccc(Br)n2)csc1N. The summed E-state index contributed by atoms with van der Waals surface area (Å²) < 4.78 is 0.740. The first-order valence-electron chi connectivity index (χ1n) is 4.60. The Bertz CT molecular complexity index is 551. The number of rotatable bonds is 2. The van der Waals surface area contributed by atoms with Crippen molar-refractivity contribution in [3.05, 3.63) is 33.7 Å². The summed E-state index contributed by atoms with van der Waals surface area (Å²) in [6, 6.07) is 5.58. The first kappa shape index (κ1) is 11.3. The monoisotopic (exact) mass is 296 g/mol. The number of thiophene rings is 1. The van der Waals surface area contributed by atoms with Crippen LogP contribution in [0, 0.1) is 0 Å². The number of ketones is 1. The van der Waals surface area contributed by atoms with Crippen LogP contribution in [-0.4, -0.2) is 10.8 Å². The maximum atomic E-state index is 11.5. The first-order chi connectivity index (χ1) is 7.59. The molecule has 0 amide bonds. The molecule has 0 aliphatic heterocycles. The predicted octanol–water partition coefficient (Wildman–Crippen LogP) is 3.36. The first-order valence-corrected chi connectivity index (χ1v) is 6.27. The molecule has 82 valence electrons. The highest BCUT2D eigenvalue weighted by atomic mass is 79.9. The van der Waals surface area contributed by atoms with E-state index in [2.05, 4.69) is 20.9 Å². The molecule has 2 heterocycles. The lowest BCUT2D eigenvalue weighted by molar-refractivity contribution is 0.101. The fourth-order valence-electron chi connectivity index (χ4n) is 1.48. The van der Waals surface area contributed by atoms with Crippen LogP contribution >= 0.6 is 27.3 Å². The van der Waals surface area contributed by atoms with Gasteiger partial charge in [0.2, 0.25) is 0 Å². The zero-order valence-electron chi connectivity index (χ0n) is 8.53. The van der Waals surface area contributed by atoms with Crippen LogP contribution < -0.4 is 5.73 Å². The number of carbonyl (C=O) groups is 1. The van der Waals surface area contributed by atoms with Gasteiger partial charge >= 0.3 is 0 Å². The summed E-state index contributed by atoms with van der Waals surface area (Å²) in [6.45, 7) is 1.51. The molecule has 0 bridgehead atoms. The molecular formula is C11H9BrN2OS. The third kappa shape index (κ3) is 2.01. The smallest absolute Gasteiger partial charge is 0.163 e. The van der Waals surface area contributed by atoms with Gasteiger partial charge in [-0.15, -0.1) is 11.3 Å². The Morgan fingerprint density at radius 1 is 1.50 bits per heavy atom. The Hall–Kier alpha value is -1.20.